The van der Waals surface area contributed by atoms with Crippen molar-refractivity contribution in [2.24, 2.45) is 23.2 Å². The second-order valence-electron chi connectivity index (χ2n) is 7.45. The molecule has 0 aliphatic rings. The molecule has 116 valence electrons. The molecule has 0 aliphatic heterocycles. The fourth-order valence-electron chi connectivity index (χ4n) is 4.08. The van der Waals surface area contributed by atoms with Crippen molar-refractivity contribution in [1.29, 1.82) is 0 Å². The topological polar surface area (TPSA) is 0 Å². The van der Waals surface area contributed by atoms with Gasteiger partial charge in [0.25, 0.3) is 0 Å². The van der Waals surface area contributed by atoms with Gasteiger partial charge in [-0.3, -0.25) is 0 Å². The number of rotatable bonds is 10. The Hall–Kier alpha value is 0.350. The first-order valence-electron chi connectivity index (χ1n) is 8.46. The van der Waals surface area contributed by atoms with E-state index in [1.807, 2.05) is 0 Å². The van der Waals surface area contributed by atoms with E-state index in [1.165, 1.54) is 38.5 Å². The van der Waals surface area contributed by atoms with Gasteiger partial charge in [-0.25, -0.2) is 0 Å². The summed E-state index contributed by atoms with van der Waals surface area (Å²) >= 11 is 4.93. The Labute approximate surface area is 128 Å². The fourth-order valence-corrected chi connectivity index (χ4v) is 4.79. The smallest absolute Gasteiger partial charge is 0.00501 e. The SMILES string of the molecule is CCCCCC(C)(CC(C)C)C(C(C)C)C(S)CC. The second-order valence-corrected chi connectivity index (χ2v) is 8.12. The molecule has 0 bridgehead atoms. The normalized spacial score (nSPS) is 18.6. The van der Waals surface area contributed by atoms with Crippen LogP contribution < -0.4 is 0 Å². The first kappa shape index (κ1) is 19.4. The summed E-state index contributed by atoms with van der Waals surface area (Å²) < 4.78 is 0. The first-order valence-corrected chi connectivity index (χ1v) is 8.98. The summed E-state index contributed by atoms with van der Waals surface area (Å²) in [6.07, 6.45) is 7.99. The molecule has 0 nitrogen and oxygen atoms in total. The Bertz CT molecular complexity index is 222. The van der Waals surface area contributed by atoms with E-state index in [-0.39, 0.29) is 0 Å². The minimum absolute atomic E-state index is 0.458. The summed E-state index contributed by atoms with van der Waals surface area (Å²) in [6, 6.07) is 0. The maximum Gasteiger partial charge on any atom is 0.00501 e. The van der Waals surface area contributed by atoms with Crippen LogP contribution in [0.3, 0.4) is 0 Å². The van der Waals surface area contributed by atoms with E-state index < -0.39 is 0 Å². The van der Waals surface area contributed by atoms with Crippen molar-refractivity contribution in [2.75, 3.05) is 0 Å². The van der Waals surface area contributed by atoms with Crippen LogP contribution in [0.25, 0.3) is 0 Å². The zero-order valence-corrected chi connectivity index (χ0v) is 15.4. The molecule has 0 aromatic heterocycles. The van der Waals surface area contributed by atoms with Crippen molar-refractivity contribution in [3.8, 4) is 0 Å². The van der Waals surface area contributed by atoms with E-state index in [9.17, 15) is 0 Å². The maximum absolute atomic E-state index is 4.93. The van der Waals surface area contributed by atoms with Crippen molar-refractivity contribution in [1.82, 2.24) is 0 Å². The fraction of sp³-hybridized carbons (Fsp3) is 1.00. The number of thiol groups is 1. The molecule has 0 spiro atoms. The molecule has 0 aliphatic carbocycles. The molecular weight excluding hydrogens is 248 g/mol. The summed E-state index contributed by atoms with van der Waals surface area (Å²) in [5.74, 6) is 2.25. The highest BCUT2D eigenvalue weighted by molar-refractivity contribution is 7.81. The molecule has 19 heavy (non-hydrogen) atoms. The number of unbranched alkanes of at least 4 members (excludes halogenated alkanes) is 2. The van der Waals surface area contributed by atoms with Crippen molar-refractivity contribution in [3.63, 3.8) is 0 Å². The molecule has 0 saturated heterocycles. The van der Waals surface area contributed by atoms with Crippen molar-refractivity contribution < 1.29 is 0 Å². The van der Waals surface area contributed by atoms with Crippen molar-refractivity contribution in [2.45, 2.75) is 92.2 Å². The Balaban J connectivity index is 5.03. The highest BCUT2D eigenvalue weighted by Gasteiger charge is 2.39. The molecule has 0 amide bonds. The van der Waals surface area contributed by atoms with Crippen LogP contribution in [0.2, 0.25) is 0 Å². The average molecular weight is 287 g/mol. The van der Waals surface area contributed by atoms with E-state index >= 15 is 0 Å². The summed E-state index contributed by atoms with van der Waals surface area (Å²) in [4.78, 5) is 0. The summed E-state index contributed by atoms with van der Waals surface area (Å²) in [5, 5.41) is 0.547. The van der Waals surface area contributed by atoms with E-state index in [0.29, 0.717) is 10.7 Å². The van der Waals surface area contributed by atoms with Crippen LogP contribution in [-0.2, 0) is 0 Å². The summed E-state index contributed by atoms with van der Waals surface area (Å²) in [5.41, 5.74) is 0.458. The van der Waals surface area contributed by atoms with Gasteiger partial charge in [-0.1, -0.05) is 67.7 Å². The predicted molar refractivity (Wildman–Crippen MR) is 93.1 cm³/mol. The zero-order chi connectivity index (χ0) is 15.1. The van der Waals surface area contributed by atoms with E-state index in [4.69, 9.17) is 12.6 Å². The van der Waals surface area contributed by atoms with Crippen LogP contribution in [0, 0.1) is 23.2 Å². The second kappa shape index (κ2) is 9.32. The van der Waals surface area contributed by atoms with Crippen molar-refractivity contribution in [3.05, 3.63) is 0 Å². The minimum atomic E-state index is 0.458. The molecule has 0 radical (unpaired) electrons. The molecule has 3 atom stereocenters. The van der Waals surface area contributed by atoms with Gasteiger partial charge < -0.3 is 0 Å². The molecule has 0 N–H and O–H groups in total. The monoisotopic (exact) mass is 286 g/mol. The molecule has 0 fully saturated rings. The summed E-state index contributed by atoms with van der Waals surface area (Å²) in [6.45, 7) is 16.6. The third-order valence-corrected chi connectivity index (χ3v) is 5.27. The quantitative estimate of drug-likeness (QED) is 0.339. The van der Waals surface area contributed by atoms with Crippen LogP contribution in [-0.4, -0.2) is 5.25 Å². The standard InChI is InChI=1S/C18H38S/c1-8-10-11-12-18(7,13-14(3)4)17(15(5)6)16(19)9-2/h14-17,19H,8-13H2,1-7H3. The van der Waals surface area contributed by atoms with Gasteiger partial charge in [0.15, 0.2) is 0 Å². The molecule has 0 aromatic rings. The lowest BCUT2D eigenvalue weighted by Gasteiger charge is -2.44. The predicted octanol–water partition coefficient (Wildman–Crippen LogP) is 6.60. The van der Waals surface area contributed by atoms with Gasteiger partial charge in [0.2, 0.25) is 0 Å². The van der Waals surface area contributed by atoms with Gasteiger partial charge >= 0.3 is 0 Å². The molecular formula is C18H38S. The van der Waals surface area contributed by atoms with Gasteiger partial charge in [-0.2, -0.15) is 12.6 Å². The zero-order valence-electron chi connectivity index (χ0n) is 14.5. The third kappa shape index (κ3) is 6.56. The third-order valence-electron chi connectivity index (χ3n) is 4.58. The van der Waals surface area contributed by atoms with Crippen molar-refractivity contribution >= 4 is 12.6 Å². The summed E-state index contributed by atoms with van der Waals surface area (Å²) in [7, 11) is 0. The van der Waals surface area contributed by atoms with Gasteiger partial charge in [0, 0.05) is 5.25 Å². The average Bonchev–Trinajstić information content (AvgIpc) is 2.27. The molecule has 0 rings (SSSR count). The molecule has 0 heterocycles. The van der Waals surface area contributed by atoms with E-state index in [0.717, 1.165) is 17.8 Å². The van der Waals surface area contributed by atoms with Gasteiger partial charge in [-0.15, -0.1) is 0 Å². The van der Waals surface area contributed by atoms with Gasteiger partial charge in [0.05, 0.1) is 0 Å². The highest BCUT2D eigenvalue weighted by Crippen LogP contribution is 2.46. The molecule has 0 aromatic carbocycles. The lowest BCUT2D eigenvalue weighted by atomic mass is 9.63. The van der Waals surface area contributed by atoms with Gasteiger partial charge in [0.1, 0.15) is 0 Å². The molecule has 1 heteroatoms. The number of hydrogen-bond acceptors (Lipinski definition) is 1. The number of hydrogen-bond donors (Lipinski definition) is 1. The Kier molecular flexibility index (Phi) is 9.49. The highest BCUT2D eigenvalue weighted by atomic mass is 32.1. The first-order chi connectivity index (χ1) is 8.78. The molecule has 3 unspecified atom stereocenters. The lowest BCUT2D eigenvalue weighted by molar-refractivity contribution is 0.0866. The van der Waals surface area contributed by atoms with Crippen LogP contribution in [0.4, 0.5) is 0 Å². The Morgan fingerprint density at radius 2 is 1.58 bits per heavy atom. The van der Waals surface area contributed by atoms with Gasteiger partial charge in [-0.05, 0) is 42.4 Å². The molecule has 0 saturated carbocycles. The largest absolute Gasteiger partial charge is 0.176 e. The van der Waals surface area contributed by atoms with E-state index in [1.54, 1.807) is 0 Å². The van der Waals surface area contributed by atoms with Crippen LogP contribution in [0.1, 0.15) is 87.0 Å². The van der Waals surface area contributed by atoms with Crippen LogP contribution in [0.5, 0.6) is 0 Å². The Morgan fingerprint density at radius 3 is 1.95 bits per heavy atom. The van der Waals surface area contributed by atoms with Crippen LogP contribution in [0.15, 0.2) is 0 Å². The lowest BCUT2D eigenvalue weighted by Crippen LogP contribution is -2.38. The minimum Gasteiger partial charge on any atom is -0.176 e. The van der Waals surface area contributed by atoms with Crippen LogP contribution >= 0.6 is 12.6 Å². The van der Waals surface area contributed by atoms with E-state index in [2.05, 4.69) is 48.5 Å². The Morgan fingerprint density at radius 1 is 1.00 bits per heavy atom. The maximum atomic E-state index is 4.93.